The second kappa shape index (κ2) is 5.28. The molecule has 0 radical (unpaired) electrons. The van der Waals surface area contributed by atoms with Crippen molar-refractivity contribution in [3.63, 3.8) is 0 Å². The smallest absolute Gasteiger partial charge is 0.0831 e. The number of ether oxygens (including phenoxy) is 1. The molecule has 0 amide bonds. The number of nitrogens with one attached hydrogen (secondary N) is 1. The molecule has 2 saturated heterocycles. The van der Waals surface area contributed by atoms with Crippen LogP contribution >= 0.6 is 12.4 Å². The topological polar surface area (TPSA) is 44.7 Å². The summed E-state index contributed by atoms with van der Waals surface area (Å²) < 4.78 is 5.33. The first-order valence-corrected chi connectivity index (χ1v) is 4.97. The first-order chi connectivity index (χ1) is 6.29. The van der Waals surface area contributed by atoms with Gasteiger partial charge in [0.15, 0.2) is 0 Å². The molecular formula is C9H19ClN2O2. The normalized spacial score (nSPS) is 37.5. The molecule has 0 saturated carbocycles. The van der Waals surface area contributed by atoms with Gasteiger partial charge in [-0.05, 0) is 13.5 Å². The van der Waals surface area contributed by atoms with Crippen LogP contribution in [0.5, 0.6) is 0 Å². The van der Waals surface area contributed by atoms with Crippen molar-refractivity contribution in [3.8, 4) is 0 Å². The summed E-state index contributed by atoms with van der Waals surface area (Å²) in [6.45, 7) is 3.31. The number of halogens is 1. The molecule has 14 heavy (non-hydrogen) atoms. The van der Waals surface area contributed by atoms with Gasteiger partial charge in [-0.2, -0.15) is 0 Å². The molecule has 0 aromatic heterocycles. The van der Waals surface area contributed by atoms with Crippen LogP contribution in [0.25, 0.3) is 0 Å². The lowest BCUT2D eigenvalue weighted by molar-refractivity contribution is 0.0665. The predicted molar refractivity (Wildman–Crippen MR) is 56.9 cm³/mol. The fraction of sp³-hybridized carbons (Fsp3) is 1.00. The molecule has 2 fully saturated rings. The van der Waals surface area contributed by atoms with E-state index in [1.165, 1.54) is 0 Å². The van der Waals surface area contributed by atoms with E-state index in [1.807, 2.05) is 0 Å². The Morgan fingerprint density at radius 1 is 1.43 bits per heavy atom. The summed E-state index contributed by atoms with van der Waals surface area (Å²) in [5.41, 5.74) is 0. The fourth-order valence-corrected chi connectivity index (χ4v) is 2.18. The molecule has 0 aliphatic carbocycles. The molecule has 2 rings (SSSR count). The molecule has 3 atom stereocenters. The number of β-amino-alcohol motifs (C(OH)–C–C–N with tert-alkyl or cyclic N) is 1. The lowest BCUT2D eigenvalue weighted by Crippen LogP contribution is -2.46. The molecule has 4 nitrogen and oxygen atoms in total. The molecule has 1 unspecified atom stereocenters. The molecule has 2 heterocycles. The standard InChI is InChI=1S/C9H18N2O2.ClH/c1-11(7-2-3-13-6-7)8-4-10-5-9(8)12;/h7-10,12H,2-6H2,1H3;1H/t7?,8-,9-;/m1./s1. The van der Waals surface area contributed by atoms with Crippen LogP contribution in [0.3, 0.4) is 0 Å². The monoisotopic (exact) mass is 222 g/mol. The van der Waals surface area contributed by atoms with Gasteiger partial charge < -0.3 is 15.2 Å². The average molecular weight is 223 g/mol. The van der Waals surface area contributed by atoms with Crippen LogP contribution in [0.2, 0.25) is 0 Å². The van der Waals surface area contributed by atoms with Crippen molar-refractivity contribution in [1.82, 2.24) is 10.2 Å². The third kappa shape index (κ3) is 2.38. The summed E-state index contributed by atoms with van der Waals surface area (Å²) in [5.74, 6) is 0. The zero-order valence-electron chi connectivity index (χ0n) is 8.48. The maximum Gasteiger partial charge on any atom is 0.0831 e. The molecule has 0 spiro atoms. The summed E-state index contributed by atoms with van der Waals surface area (Å²) in [6.07, 6.45) is 0.880. The molecule has 84 valence electrons. The van der Waals surface area contributed by atoms with Crippen molar-refractivity contribution in [3.05, 3.63) is 0 Å². The van der Waals surface area contributed by atoms with Gasteiger partial charge >= 0.3 is 0 Å². The molecular weight excluding hydrogens is 204 g/mol. The summed E-state index contributed by atoms with van der Waals surface area (Å²) in [5, 5.41) is 12.9. The molecule has 0 aromatic carbocycles. The van der Waals surface area contributed by atoms with E-state index in [1.54, 1.807) is 0 Å². The Hall–Kier alpha value is 0.130. The van der Waals surface area contributed by atoms with E-state index in [2.05, 4.69) is 17.3 Å². The molecule has 0 aromatic rings. The summed E-state index contributed by atoms with van der Waals surface area (Å²) in [4.78, 5) is 2.26. The summed E-state index contributed by atoms with van der Waals surface area (Å²) in [7, 11) is 2.08. The SMILES string of the molecule is CN(C1CCOC1)[C@@H]1CNC[C@H]1O.Cl. The number of hydrogen-bond acceptors (Lipinski definition) is 4. The first kappa shape index (κ1) is 12.2. The minimum atomic E-state index is -0.217. The largest absolute Gasteiger partial charge is 0.390 e. The summed E-state index contributed by atoms with van der Waals surface area (Å²) >= 11 is 0. The van der Waals surface area contributed by atoms with Gasteiger partial charge in [0.05, 0.1) is 12.7 Å². The number of likely N-dealkylation sites (N-methyl/N-ethyl adjacent to an activating group) is 1. The van der Waals surface area contributed by atoms with E-state index < -0.39 is 0 Å². The van der Waals surface area contributed by atoms with E-state index in [4.69, 9.17) is 4.74 Å². The van der Waals surface area contributed by atoms with E-state index in [0.717, 1.165) is 32.7 Å². The van der Waals surface area contributed by atoms with Gasteiger partial charge in [-0.25, -0.2) is 0 Å². The highest BCUT2D eigenvalue weighted by Crippen LogP contribution is 2.16. The van der Waals surface area contributed by atoms with Crippen molar-refractivity contribution in [1.29, 1.82) is 0 Å². The Kier molecular flexibility index (Phi) is 4.60. The quantitative estimate of drug-likeness (QED) is 0.659. The Balaban J connectivity index is 0.000000980. The number of nitrogens with zero attached hydrogens (tertiary/aromatic N) is 1. The van der Waals surface area contributed by atoms with Crippen LogP contribution in [0.15, 0.2) is 0 Å². The number of aliphatic hydroxyl groups is 1. The zero-order chi connectivity index (χ0) is 9.26. The Morgan fingerprint density at radius 2 is 2.21 bits per heavy atom. The Labute approximate surface area is 91.0 Å². The van der Waals surface area contributed by atoms with Crippen LogP contribution in [-0.4, -0.2) is 61.5 Å². The Morgan fingerprint density at radius 3 is 2.71 bits per heavy atom. The van der Waals surface area contributed by atoms with Gasteiger partial charge in [0.2, 0.25) is 0 Å². The van der Waals surface area contributed by atoms with E-state index in [9.17, 15) is 5.11 Å². The van der Waals surface area contributed by atoms with E-state index in [0.29, 0.717) is 6.04 Å². The minimum Gasteiger partial charge on any atom is -0.390 e. The average Bonchev–Trinajstić information content (AvgIpc) is 2.72. The van der Waals surface area contributed by atoms with Gasteiger partial charge in [0.1, 0.15) is 0 Å². The predicted octanol–water partition coefficient (Wildman–Crippen LogP) is -0.538. The number of rotatable bonds is 2. The highest BCUT2D eigenvalue weighted by molar-refractivity contribution is 5.85. The lowest BCUT2D eigenvalue weighted by Gasteiger charge is -2.30. The van der Waals surface area contributed by atoms with Crippen molar-refractivity contribution in [2.45, 2.75) is 24.6 Å². The third-order valence-electron chi connectivity index (χ3n) is 3.16. The van der Waals surface area contributed by atoms with Crippen molar-refractivity contribution < 1.29 is 9.84 Å². The lowest BCUT2D eigenvalue weighted by atomic mass is 10.1. The van der Waals surface area contributed by atoms with E-state index in [-0.39, 0.29) is 24.6 Å². The van der Waals surface area contributed by atoms with Gasteiger partial charge in [-0.1, -0.05) is 0 Å². The number of aliphatic hydroxyl groups excluding tert-OH is 1. The third-order valence-corrected chi connectivity index (χ3v) is 3.16. The molecule has 0 bridgehead atoms. The second-order valence-electron chi connectivity index (χ2n) is 3.98. The molecule has 5 heteroatoms. The van der Waals surface area contributed by atoms with E-state index >= 15 is 0 Å². The fourth-order valence-electron chi connectivity index (χ4n) is 2.18. The molecule has 2 N–H and O–H groups in total. The van der Waals surface area contributed by atoms with Crippen LogP contribution in [-0.2, 0) is 4.74 Å². The molecule has 2 aliphatic heterocycles. The zero-order valence-corrected chi connectivity index (χ0v) is 9.30. The number of hydrogen-bond donors (Lipinski definition) is 2. The van der Waals surface area contributed by atoms with Crippen LogP contribution in [0.4, 0.5) is 0 Å². The second-order valence-corrected chi connectivity index (χ2v) is 3.98. The maximum absolute atomic E-state index is 9.67. The maximum atomic E-state index is 9.67. The van der Waals surface area contributed by atoms with Crippen molar-refractivity contribution >= 4 is 12.4 Å². The first-order valence-electron chi connectivity index (χ1n) is 4.97. The van der Waals surface area contributed by atoms with Crippen LogP contribution in [0, 0.1) is 0 Å². The van der Waals surface area contributed by atoms with Crippen molar-refractivity contribution in [2.24, 2.45) is 0 Å². The molecule has 2 aliphatic rings. The minimum absolute atomic E-state index is 0. The van der Waals surface area contributed by atoms with Gasteiger partial charge in [-0.15, -0.1) is 12.4 Å². The highest BCUT2D eigenvalue weighted by Gasteiger charge is 2.33. The Bertz CT molecular complexity index is 176. The van der Waals surface area contributed by atoms with Gasteiger partial charge in [0.25, 0.3) is 0 Å². The van der Waals surface area contributed by atoms with Crippen LogP contribution in [0.1, 0.15) is 6.42 Å². The van der Waals surface area contributed by atoms with Gasteiger partial charge in [-0.3, -0.25) is 4.90 Å². The van der Waals surface area contributed by atoms with Gasteiger partial charge in [0, 0.05) is 31.8 Å². The van der Waals surface area contributed by atoms with Crippen molar-refractivity contribution in [2.75, 3.05) is 33.4 Å². The highest BCUT2D eigenvalue weighted by atomic mass is 35.5. The van der Waals surface area contributed by atoms with Crippen LogP contribution < -0.4 is 5.32 Å². The summed E-state index contributed by atoms with van der Waals surface area (Å²) in [6, 6.07) is 0.770.